The first-order valence-electron chi connectivity index (χ1n) is 13.2. The number of methoxy groups -OCH3 is 2. The predicted molar refractivity (Wildman–Crippen MR) is 158 cm³/mol. The van der Waals surface area contributed by atoms with Crippen molar-refractivity contribution in [1.82, 2.24) is 4.57 Å². The number of hydrogen-bond acceptors (Lipinski definition) is 8. The molecule has 8 nitrogen and oxygen atoms in total. The van der Waals surface area contributed by atoms with Gasteiger partial charge in [-0.25, -0.2) is 9.79 Å². The lowest BCUT2D eigenvalue weighted by molar-refractivity contribution is -0.138. The number of thiazole rings is 1. The largest absolute Gasteiger partial charge is 0.497 e. The molecule has 0 aliphatic carbocycles. The number of benzene rings is 3. The summed E-state index contributed by atoms with van der Waals surface area (Å²) in [5.41, 5.74) is 2.69. The third-order valence-electron chi connectivity index (χ3n) is 6.57. The van der Waals surface area contributed by atoms with Crippen LogP contribution in [0.2, 0.25) is 0 Å². The molecule has 2 heterocycles. The van der Waals surface area contributed by atoms with E-state index in [4.69, 9.17) is 23.9 Å². The van der Waals surface area contributed by atoms with Gasteiger partial charge in [-0.05, 0) is 55.3 Å². The Balaban J connectivity index is 1.78. The summed E-state index contributed by atoms with van der Waals surface area (Å²) in [6, 6.07) is 21.5. The van der Waals surface area contributed by atoms with Crippen molar-refractivity contribution < 1.29 is 23.7 Å². The van der Waals surface area contributed by atoms with E-state index in [0.717, 1.165) is 11.1 Å². The molecule has 0 radical (unpaired) electrons. The van der Waals surface area contributed by atoms with Crippen molar-refractivity contribution in [2.24, 2.45) is 4.99 Å². The standard InChI is InChI=1S/C32H30N2O6S/c1-5-39-24-16-15-20(17-25(24)38-4)18-26-30(35)34-29(22-13-10-14-23(19-22)37-3)27(31(36)40-6-2)28(33-32(34)41-26)21-11-8-7-9-12-21/h7-19,29H,5-6H2,1-4H3/b26-18-/t29-/m0/s1. The molecule has 0 fully saturated rings. The Morgan fingerprint density at radius 3 is 2.46 bits per heavy atom. The Morgan fingerprint density at radius 2 is 1.76 bits per heavy atom. The van der Waals surface area contributed by atoms with Crippen LogP contribution in [0.4, 0.5) is 0 Å². The van der Waals surface area contributed by atoms with E-state index in [2.05, 4.69) is 0 Å². The van der Waals surface area contributed by atoms with Crippen LogP contribution >= 0.6 is 11.3 Å². The number of hydrogen-bond donors (Lipinski definition) is 0. The number of ether oxygens (including phenoxy) is 4. The molecule has 0 saturated carbocycles. The molecule has 4 aromatic rings. The van der Waals surface area contributed by atoms with Gasteiger partial charge in [0.15, 0.2) is 16.3 Å². The van der Waals surface area contributed by atoms with E-state index >= 15 is 0 Å². The van der Waals surface area contributed by atoms with Crippen molar-refractivity contribution in [3.8, 4) is 17.2 Å². The van der Waals surface area contributed by atoms with Gasteiger partial charge in [0.25, 0.3) is 5.56 Å². The Labute approximate surface area is 241 Å². The molecule has 210 valence electrons. The smallest absolute Gasteiger partial charge is 0.338 e. The second-order valence-electron chi connectivity index (χ2n) is 9.05. The number of carbonyl (C=O) groups is 1. The number of fused-ring (bicyclic) bond motifs is 1. The van der Waals surface area contributed by atoms with E-state index in [1.54, 1.807) is 31.8 Å². The molecular formula is C32H30N2O6S. The molecule has 0 amide bonds. The number of rotatable bonds is 9. The highest BCUT2D eigenvalue weighted by Gasteiger charge is 2.35. The van der Waals surface area contributed by atoms with Gasteiger partial charge < -0.3 is 18.9 Å². The number of carbonyl (C=O) groups excluding carboxylic acids is 1. The Kier molecular flexibility index (Phi) is 8.35. The lowest BCUT2D eigenvalue weighted by Gasteiger charge is -2.26. The van der Waals surface area contributed by atoms with Crippen molar-refractivity contribution in [3.05, 3.63) is 115 Å². The number of aromatic nitrogens is 1. The normalized spacial score (nSPS) is 14.7. The minimum atomic E-state index is -0.785. The summed E-state index contributed by atoms with van der Waals surface area (Å²) in [7, 11) is 3.15. The van der Waals surface area contributed by atoms with Gasteiger partial charge in [-0.15, -0.1) is 0 Å². The molecule has 5 rings (SSSR count). The first-order valence-corrected chi connectivity index (χ1v) is 14.0. The first-order chi connectivity index (χ1) is 20.0. The molecule has 9 heteroatoms. The van der Waals surface area contributed by atoms with E-state index in [-0.39, 0.29) is 17.7 Å². The van der Waals surface area contributed by atoms with Crippen LogP contribution in [0, 0.1) is 0 Å². The summed E-state index contributed by atoms with van der Waals surface area (Å²) < 4.78 is 24.2. The van der Waals surface area contributed by atoms with Crippen LogP contribution in [0.5, 0.6) is 17.2 Å². The zero-order chi connectivity index (χ0) is 28.9. The van der Waals surface area contributed by atoms with Gasteiger partial charge in [0, 0.05) is 5.56 Å². The van der Waals surface area contributed by atoms with Crippen LogP contribution < -0.4 is 29.1 Å². The molecule has 1 aliphatic rings. The Hall–Kier alpha value is -4.63. The van der Waals surface area contributed by atoms with Gasteiger partial charge >= 0.3 is 5.97 Å². The third-order valence-corrected chi connectivity index (χ3v) is 7.55. The Morgan fingerprint density at radius 1 is 0.951 bits per heavy atom. The summed E-state index contributed by atoms with van der Waals surface area (Å²) >= 11 is 1.26. The van der Waals surface area contributed by atoms with Gasteiger partial charge in [0.05, 0.1) is 49.3 Å². The van der Waals surface area contributed by atoms with Crippen molar-refractivity contribution in [2.45, 2.75) is 19.9 Å². The fourth-order valence-corrected chi connectivity index (χ4v) is 5.77. The Bertz CT molecular complexity index is 1790. The minimum absolute atomic E-state index is 0.180. The molecule has 0 unspecified atom stereocenters. The highest BCUT2D eigenvalue weighted by Crippen LogP contribution is 2.36. The van der Waals surface area contributed by atoms with Gasteiger partial charge in [-0.1, -0.05) is 59.9 Å². The molecule has 1 aliphatic heterocycles. The van der Waals surface area contributed by atoms with Crippen LogP contribution in [0.25, 0.3) is 11.8 Å². The second-order valence-corrected chi connectivity index (χ2v) is 10.1. The number of nitrogens with zero attached hydrogens (tertiary/aromatic N) is 2. The van der Waals surface area contributed by atoms with Crippen molar-refractivity contribution in [3.63, 3.8) is 0 Å². The van der Waals surface area contributed by atoms with Crippen LogP contribution in [-0.2, 0) is 9.53 Å². The van der Waals surface area contributed by atoms with Crippen molar-refractivity contribution >= 4 is 29.1 Å². The molecule has 1 atom stereocenters. The average Bonchev–Trinajstić information content (AvgIpc) is 3.31. The molecule has 0 saturated heterocycles. The molecular weight excluding hydrogens is 540 g/mol. The summed E-state index contributed by atoms with van der Waals surface area (Å²) in [6.07, 6.45) is 1.79. The quantitative estimate of drug-likeness (QED) is 0.278. The summed E-state index contributed by atoms with van der Waals surface area (Å²) in [6.45, 7) is 4.34. The van der Waals surface area contributed by atoms with Crippen LogP contribution in [0.1, 0.15) is 36.6 Å². The monoisotopic (exact) mass is 570 g/mol. The van der Waals surface area contributed by atoms with Gasteiger partial charge in [0.1, 0.15) is 5.75 Å². The topological polar surface area (TPSA) is 88.4 Å². The first kappa shape index (κ1) is 27.9. The molecule has 0 bridgehead atoms. The van der Waals surface area contributed by atoms with Crippen LogP contribution in [0.15, 0.2) is 88.2 Å². The molecule has 3 aromatic carbocycles. The van der Waals surface area contributed by atoms with E-state index in [1.165, 1.54) is 11.3 Å². The summed E-state index contributed by atoms with van der Waals surface area (Å²) in [5.74, 6) is 1.26. The number of esters is 1. The maximum absolute atomic E-state index is 14.1. The molecule has 0 spiro atoms. The van der Waals surface area contributed by atoms with Crippen LogP contribution in [-0.4, -0.2) is 38.0 Å². The molecule has 41 heavy (non-hydrogen) atoms. The van der Waals surface area contributed by atoms with Gasteiger partial charge in [0.2, 0.25) is 0 Å². The summed E-state index contributed by atoms with van der Waals surface area (Å²) in [5, 5.41) is 0. The highest BCUT2D eigenvalue weighted by molar-refractivity contribution is 7.07. The van der Waals surface area contributed by atoms with Gasteiger partial charge in [-0.3, -0.25) is 9.36 Å². The lowest BCUT2D eigenvalue weighted by atomic mass is 9.93. The maximum Gasteiger partial charge on any atom is 0.338 e. The molecule has 0 N–H and O–H groups in total. The average molecular weight is 571 g/mol. The third kappa shape index (κ3) is 5.53. The fourth-order valence-electron chi connectivity index (χ4n) is 4.77. The zero-order valence-electron chi connectivity index (χ0n) is 23.2. The van der Waals surface area contributed by atoms with Crippen molar-refractivity contribution in [2.75, 3.05) is 27.4 Å². The molecule has 1 aromatic heterocycles. The van der Waals surface area contributed by atoms with E-state index in [1.807, 2.05) is 79.7 Å². The minimum Gasteiger partial charge on any atom is -0.497 e. The predicted octanol–water partition coefficient (Wildman–Crippen LogP) is 4.35. The second kappa shape index (κ2) is 12.3. The SMILES string of the molecule is CCOC(=O)C1=C(c2ccccc2)N=c2s/c(=C\c3ccc(OCC)c(OC)c3)c(=O)n2[C@H]1c1cccc(OC)c1. The highest BCUT2D eigenvalue weighted by atomic mass is 32.1. The van der Waals surface area contributed by atoms with E-state index in [9.17, 15) is 9.59 Å². The maximum atomic E-state index is 14.1. The van der Waals surface area contributed by atoms with Crippen LogP contribution in [0.3, 0.4) is 0 Å². The fraction of sp³-hybridized carbons (Fsp3) is 0.219. The van der Waals surface area contributed by atoms with E-state index < -0.39 is 12.0 Å². The van der Waals surface area contributed by atoms with Gasteiger partial charge in [-0.2, -0.15) is 0 Å². The zero-order valence-corrected chi connectivity index (χ0v) is 24.1. The van der Waals surface area contributed by atoms with Crippen molar-refractivity contribution in [1.29, 1.82) is 0 Å². The summed E-state index contributed by atoms with van der Waals surface area (Å²) in [4.78, 5) is 33.0. The lowest BCUT2D eigenvalue weighted by Crippen LogP contribution is -2.40. The van der Waals surface area contributed by atoms with E-state index in [0.29, 0.717) is 44.4 Å².